The van der Waals surface area contributed by atoms with E-state index < -0.39 is 0 Å². The van der Waals surface area contributed by atoms with Crippen molar-refractivity contribution in [2.45, 2.75) is 51.7 Å². The minimum Gasteiger partial charge on any atom is -0.367 e. The number of hydrogen-bond donors (Lipinski definition) is 1. The number of rotatable bonds is 5. The van der Waals surface area contributed by atoms with Crippen LogP contribution >= 0.6 is 0 Å². The zero-order valence-electron chi connectivity index (χ0n) is 10.7. The van der Waals surface area contributed by atoms with Crippen molar-refractivity contribution in [3.63, 3.8) is 0 Å². The third kappa shape index (κ3) is 3.04. The van der Waals surface area contributed by atoms with Gasteiger partial charge in [0.05, 0.1) is 6.54 Å². The zero-order valence-corrected chi connectivity index (χ0v) is 10.7. The lowest BCUT2D eigenvalue weighted by atomic mass is 9.95. The highest BCUT2D eigenvalue weighted by molar-refractivity contribution is 5.00. The Kier molecular flexibility index (Phi) is 4.12. The van der Waals surface area contributed by atoms with Gasteiger partial charge in [-0.05, 0) is 39.2 Å². The van der Waals surface area contributed by atoms with Crippen LogP contribution in [0.3, 0.4) is 0 Å². The van der Waals surface area contributed by atoms with Crippen molar-refractivity contribution in [1.82, 2.24) is 15.5 Å². The van der Waals surface area contributed by atoms with Gasteiger partial charge in [0.2, 0.25) is 11.7 Å². The van der Waals surface area contributed by atoms with E-state index in [0.29, 0.717) is 18.3 Å². The molecule has 0 saturated carbocycles. The lowest BCUT2D eigenvalue weighted by Crippen LogP contribution is -2.31. The maximum absolute atomic E-state index is 5.79. The first-order chi connectivity index (χ1) is 8.24. The van der Waals surface area contributed by atoms with Crippen LogP contribution < -0.4 is 5.32 Å². The Hall–Kier alpha value is -0.940. The molecule has 1 aromatic rings. The summed E-state index contributed by atoms with van der Waals surface area (Å²) in [5.74, 6) is 1.33. The van der Waals surface area contributed by atoms with Crippen LogP contribution in [-0.2, 0) is 16.9 Å². The molecule has 1 saturated heterocycles. The van der Waals surface area contributed by atoms with Crippen LogP contribution in [0.4, 0.5) is 0 Å². The Bertz CT molecular complexity index is 345. The summed E-state index contributed by atoms with van der Waals surface area (Å²) in [5, 5.41) is 7.28. The summed E-state index contributed by atoms with van der Waals surface area (Å²) in [6.45, 7) is 6.56. The highest BCUT2D eigenvalue weighted by atomic mass is 16.5. The molecular formula is C12H21N3O2. The van der Waals surface area contributed by atoms with Gasteiger partial charge in [-0.1, -0.05) is 12.1 Å². The smallest absolute Gasteiger partial charge is 0.240 e. The molecule has 2 heterocycles. The highest BCUT2D eigenvalue weighted by Gasteiger charge is 2.34. The van der Waals surface area contributed by atoms with E-state index >= 15 is 0 Å². The topological polar surface area (TPSA) is 60.2 Å². The molecule has 0 radical (unpaired) electrons. The first-order valence-corrected chi connectivity index (χ1v) is 6.42. The van der Waals surface area contributed by atoms with Crippen molar-refractivity contribution < 1.29 is 9.26 Å². The van der Waals surface area contributed by atoms with Crippen LogP contribution in [0.15, 0.2) is 4.52 Å². The molecule has 0 aromatic carbocycles. The number of ether oxygens (including phenoxy) is 1. The third-order valence-corrected chi connectivity index (χ3v) is 3.11. The molecule has 2 rings (SSSR count). The Labute approximate surface area is 102 Å². The molecule has 0 bridgehead atoms. The van der Waals surface area contributed by atoms with Crippen molar-refractivity contribution in [3.05, 3.63) is 11.7 Å². The fourth-order valence-corrected chi connectivity index (χ4v) is 2.02. The number of nitrogens with zero attached hydrogens (tertiary/aromatic N) is 2. The van der Waals surface area contributed by atoms with E-state index in [9.17, 15) is 0 Å². The Balaban J connectivity index is 1.96. The van der Waals surface area contributed by atoms with Crippen LogP contribution in [0.1, 0.15) is 51.2 Å². The van der Waals surface area contributed by atoms with Gasteiger partial charge in [-0.15, -0.1) is 0 Å². The normalized spacial score (nSPS) is 25.1. The standard InChI is InChI=1S/C12H21N3O2/c1-3-7-13-9-10-14-11(15-17-10)12(2)6-4-5-8-16-12/h13H,3-9H2,1-2H3. The van der Waals surface area contributed by atoms with Gasteiger partial charge in [-0.25, -0.2) is 0 Å². The quantitative estimate of drug-likeness (QED) is 0.796. The molecule has 1 aromatic heterocycles. The summed E-state index contributed by atoms with van der Waals surface area (Å²) in [7, 11) is 0. The summed E-state index contributed by atoms with van der Waals surface area (Å²) in [4.78, 5) is 4.41. The molecule has 1 N–H and O–H groups in total. The molecule has 0 amide bonds. The average molecular weight is 239 g/mol. The minimum atomic E-state index is -0.356. The van der Waals surface area contributed by atoms with E-state index in [2.05, 4.69) is 22.4 Å². The van der Waals surface area contributed by atoms with Gasteiger partial charge >= 0.3 is 0 Å². The maximum atomic E-state index is 5.79. The van der Waals surface area contributed by atoms with Crippen molar-refractivity contribution >= 4 is 0 Å². The molecule has 0 aliphatic carbocycles. The van der Waals surface area contributed by atoms with Crippen LogP contribution in [0.2, 0.25) is 0 Å². The lowest BCUT2D eigenvalue weighted by molar-refractivity contribution is -0.0770. The zero-order chi connectivity index (χ0) is 12.1. The summed E-state index contributed by atoms with van der Waals surface area (Å²) in [6, 6.07) is 0. The second kappa shape index (κ2) is 5.60. The summed E-state index contributed by atoms with van der Waals surface area (Å²) in [6.07, 6.45) is 4.35. The van der Waals surface area contributed by atoms with E-state index in [1.165, 1.54) is 0 Å². The summed E-state index contributed by atoms with van der Waals surface area (Å²) >= 11 is 0. The van der Waals surface area contributed by atoms with Gasteiger partial charge < -0.3 is 14.6 Å². The van der Waals surface area contributed by atoms with E-state index in [1.54, 1.807) is 0 Å². The average Bonchev–Trinajstić information content (AvgIpc) is 2.80. The molecule has 1 unspecified atom stereocenters. The molecule has 5 heteroatoms. The second-order valence-electron chi connectivity index (χ2n) is 4.72. The Morgan fingerprint density at radius 1 is 1.41 bits per heavy atom. The number of nitrogens with one attached hydrogen (secondary N) is 1. The van der Waals surface area contributed by atoms with E-state index in [-0.39, 0.29) is 5.60 Å². The molecule has 17 heavy (non-hydrogen) atoms. The van der Waals surface area contributed by atoms with Gasteiger partial charge in [0.15, 0.2) is 0 Å². The highest BCUT2D eigenvalue weighted by Crippen LogP contribution is 2.32. The predicted molar refractivity (Wildman–Crippen MR) is 63.5 cm³/mol. The van der Waals surface area contributed by atoms with Crippen molar-refractivity contribution in [2.75, 3.05) is 13.2 Å². The fraction of sp³-hybridized carbons (Fsp3) is 0.833. The molecule has 0 spiro atoms. The number of aromatic nitrogens is 2. The van der Waals surface area contributed by atoms with Crippen LogP contribution in [0, 0.1) is 0 Å². The molecule has 5 nitrogen and oxygen atoms in total. The van der Waals surface area contributed by atoms with E-state index in [1.807, 2.05) is 6.92 Å². The maximum Gasteiger partial charge on any atom is 0.240 e. The SMILES string of the molecule is CCCNCc1nc(C2(C)CCCCO2)no1. The van der Waals surface area contributed by atoms with Crippen molar-refractivity contribution in [2.24, 2.45) is 0 Å². The summed E-state index contributed by atoms with van der Waals surface area (Å²) < 4.78 is 11.0. The van der Waals surface area contributed by atoms with Crippen LogP contribution in [0.25, 0.3) is 0 Å². The van der Waals surface area contributed by atoms with Gasteiger partial charge in [0, 0.05) is 6.61 Å². The van der Waals surface area contributed by atoms with E-state index in [0.717, 1.165) is 38.8 Å². The number of hydrogen-bond acceptors (Lipinski definition) is 5. The first kappa shape index (κ1) is 12.5. The molecule has 1 aliphatic heterocycles. The van der Waals surface area contributed by atoms with Gasteiger partial charge in [-0.2, -0.15) is 4.98 Å². The molecule has 1 fully saturated rings. The van der Waals surface area contributed by atoms with Gasteiger partial charge in [0.1, 0.15) is 5.60 Å². The van der Waals surface area contributed by atoms with Gasteiger partial charge in [0.25, 0.3) is 0 Å². The lowest BCUT2D eigenvalue weighted by Gasteiger charge is -2.30. The molecule has 1 atom stereocenters. The van der Waals surface area contributed by atoms with Crippen molar-refractivity contribution in [3.8, 4) is 0 Å². The third-order valence-electron chi connectivity index (χ3n) is 3.11. The van der Waals surface area contributed by atoms with Crippen LogP contribution in [0.5, 0.6) is 0 Å². The monoisotopic (exact) mass is 239 g/mol. The summed E-state index contributed by atoms with van der Waals surface area (Å²) in [5.41, 5.74) is -0.356. The van der Waals surface area contributed by atoms with Gasteiger partial charge in [-0.3, -0.25) is 0 Å². The first-order valence-electron chi connectivity index (χ1n) is 6.42. The fourth-order valence-electron chi connectivity index (χ4n) is 2.02. The Morgan fingerprint density at radius 3 is 3.00 bits per heavy atom. The molecule has 96 valence electrons. The Morgan fingerprint density at radius 2 is 2.29 bits per heavy atom. The van der Waals surface area contributed by atoms with Crippen molar-refractivity contribution in [1.29, 1.82) is 0 Å². The molecular weight excluding hydrogens is 218 g/mol. The second-order valence-corrected chi connectivity index (χ2v) is 4.72. The minimum absolute atomic E-state index is 0.356. The van der Waals surface area contributed by atoms with E-state index in [4.69, 9.17) is 9.26 Å². The van der Waals surface area contributed by atoms with Crippen LogP contribution in [-0.4, -0.2) is 23.3 Å². The largest absolute Gasteiger partial charge is 0.367 e. The predicted octanol–water partition coefficient (Wildman–Crippen LogP) is 1.98. The molecule has 1 aliphatic rings.